The summed E-state index contributed by atoms with van der Waals surface area (Å²) in [7, 11) is -1.59. The average Bonchev–Trinajstić information content (AvgIpc) is 3.71. The fourth-order valence-electron chi connectivity index (χ4n) is 6.91. The summed E-state index contributed by atoms with van der Waals surface area (Å²) >= 11 is 0. The molecule has 4 fully saturated rings. The number of sulfonamides is 1. The summed E-state index contributed by atoms with van der Waals surface area (Å²) in [6, 6.07) is 8.03. The molecule has 1 aromatic carbocycles. The van der Waals surface area contributed by atoms with Gasteiger partial charge in [0.1, 0.15) is 0 Å². The van der Waals surface area contributed by atoms with E-state index in [1.54, 1.807) is 7.11 Å². The molecular formula is C26H38F2N2O3S. The number of fused-ring (bicyclic) bond motifs is 1. The second-order valence-electron chi connectivity index (χ2n) is 11.1. The van der Waals surface area contributed by atoms with Crippen LogP contribution in [-0.4, -0.2) is 56.8 Å². The SMILES string of the molecule is CC[C@]1(c2cccc(NS(=O)(=O)C3CC3)c2)[C@@H]2CN(CCCC3(OC)CCC(F)(F)CC3)C[C@@H]21. The zero-order valence-electron chi connectivity index (χ0n) is 20.4. The number of benzene rings is 1. The van der Waals surface area contributed by atoms with Gasteiger partial charge in [0.25, 0.3) is 0 Å². The number of ether oxygens (including phenoxy) is 1. The van der Waals surface area contributed by atoms with Gasteiger partial charge in [0, 0.05) is 44.1 Å². The van der Waals surface area contributed by atoms with E-state index in [2.05, 4.69) is 22.6 Å². The molecule has 4 aliphatic rings. The fraction of sp³-hybridized carbons (Fsp3) is 0.769. The second kappa shape index (κ2) is 8.70. The zero-order chi connectivity index (χ0) is 24.2. The van der Waals surface area contributed by atoms with Crippen LogP contribution in [-0.2, 0) is 20.2 Å². The largest absolute Gasteiger partial charge is 0.378 e. The number of rotatable bonds is 10. The minimum atomic E-state index is -3.26. The molecule has 0 aromatic heterocycles. The fourth-order valence-corrected chi connectivity index (χ4v) is 8.28. The Bertz CT molecular complexity index is 989. The van der Waals surface area contributed by atoms with Gasteiger partial charge in [-0.25, -0.2) is 17.2 Å². The molecule has 5 rings (SSSR count). The van der Waals surface area contributed by atoms with Crippen LogP contribution < -0.4 is 4.72 Å². The molecular weight excluding hydrogens is 458 g/mol. The van der Waals surface area contributed by atoms with Crippen molar-refractivity contribution in [3.8, 4) is 0 Å². The molecule has 1 saturated heterocycles. The number of nitrogens with one attached hydrogen (secondary N) is 1. The predicted octanol–water partition coefficient (Wildman–Crippen LogP) is 5.17. The van der Waals surface area contributed by atoms with Gasteiger partial charge in [-0.2, -0.15) is 0 Å². The minimum Gasteiger partial charge on any atom is -0.378 e. The molecule has 0 bridgehead atoms. The maximum Gasteiger partial charge on any atom is 0.248 e. The van der Waals surface area contributed by atoms with Crippen LogP contribution in [0.25, 0.3) is 0 Å². The van der Waals surface area contributed by atoms with Gasteiger partial charge in [0.2, 0.25) is 15.9 Å². The Morgan fingerprint density at radius 2 is 1.79 bits per heavy atom. The molecule has 1 aromatic rings. The molecule has 3 atom stereocenters. The first-order chi connectivity index (χ1) is 16.1. The molecule has 0 amide bonds. The molecule has 1 heterocycles. The molecule has 0 spiro atoms. The van der Waals surface area contributed by atoms with Crippen molar-refractivity contribution in [2.75, 3.05) is 31.5 Å². The Kier molecular flexibility index (Phi) is 6.25. The van der Waals surface area contributed by atoms with Crippen LogP contribution in [0.3, 0.4) is 0 Å². The van der Waals surface area contributed by atoms with Crippen molar-refractivity contribution in [1.29, 1.82) is 0 Å². The number of methoxy groups -OCH3 is 1. The summed E-state index contributed by atoms with van der Waals surface area (Å²) in [5.74, 6) is -1.34. The molecule has 1 aliphatic heterocycles. The number of hydrogen-bond donors (Lipinski definition) is 1. The summed E-state index contributed by atoms with van der Waals surface area (Å²) in [6.45, 7) is 5.32. The maximum atomic E-state index is 13.6. The smallest absolute Gasteiger partial charge is 0.248 e. The van der Waals surface area contributed by atoms with Crippen LogP contribution in [0.2, 0.25) is 0 Å². The van der Waals surface area contributed by atoms with Gasteiger partial charge in [0.05, 0.1) is 10.9 Å². The van der Waals surface area contributed by atoms with Crippen molar-refractivity contribution < 1.29 is 21.9 Å². The normalized spacial score (nSPS) is 32.4. The maximum absolute atomic E-state index is 13.6. The summed E-state index contributed by atoms with van der Waals surface area (Å²) in [5, 5.41) is -0.229. The van der Waals surface area contributed by atoms with Crippen molar-refractivity contribution in [2.45, 2.75) is 86.9 Å². The summed E-state index contributed by atoms with van der Waals surface area (Å²) in [6.07, 6.45) is 5.13. The van der Waals surface area contributed by atoms with Crippen LogP contribution >= 0.6 is 0 Å². The topological polar surface area (TPSA) is 58.6 Å². The van der Waals surface area contributed by atoms with Crippen LogP contribution in [0.1, 0.15) is 70.3 Å². The minimum absolute atomic E-state index is 0.0659. The molecule has 3 aliphatic carbocycles. The van der Waals surface area contributed by atoms with Gasteiger partial charge >= 0.3 is 0 Å². The number of alkyl halides is 2. The van der Waals surface area contributed by atoms with Crippen molar-refractivity contribution in [3.05, 3.63) is 29.8 Å². The quantitative estimate of drug-likeness (QED) is 0.485. The molecule has 34 heavy (non-hydrogen) atoms. The molecule has 1 N–H and O–H groups in total. The van der Waals surface area contributed by atoms with E-state index < -0.39 is 15.9 Å². The van der Waals surface area contributed by atoms with Crippen molar-refractivity contribution >= 4 is 15.7 Å². The van der Waals surface area contributed by atoms with E-state index in [0.717, 1.165) is 51.7 Å². The monoisotopic (exact) mass is 496 g/mol. The molecule has 0 radical (unpaired) electrons. The van der Waals surface area contributed by atoms with Gasteiger partial charge in [-0.15, -0.1) is 0 Å². The van der Waals surface area contributed by atoms with Gasteiger partial charge in [0.15, 0.2) is 0 Å². The van der Waals surface area contributed by atoms with Crippen LogP contribution in [0, 0.1) is 11.8 Å². The number of anilines is 1. The third-order valence-corrected chi connectivity index (χ3v) is 11.1. The first-order valence-electron chi connectivity index (χ1n) is 12.9. The van der Waals surface area contributed by atoms with Crippen molar-refractivity contribution in [2.24, 2.45) is 11.8 Å². The Morgan fingerprint density at radius 1 is 1.12 bits per heavy atom. The Morgan fingerprint density at radius 3 is 2.38 bits per heavy atom. The highest BCUT2D eigenvalue weighted by Gasteiger charge is 2.67. The first-order valence-corrected chi connectivity index (χ1v) is 14.5. The van der Waals surface area contributed by atoms with Crippen molar-refractivity contribution in [3.63, 3.8) is 0 Å². The van der Waals surface area contributed by atoms with E-state index in [-0.39, 0.29) is 29.1 Å². The third-order valence-electron chi connectivity index (χ3n) is 9.25. The Hall–Kier alpha value is -1.25. The standard InChI is InChI=1S/C26H38F2N2O3S/c1-3-26(19-6-4-7-20(16-19)29-34(31,32)21-8-9-21)22-17-30(18-23(22)26)15-5-10-24(33-2)11-13-25(27,28)14-12-24/h4,6-7,16,21-23,29H,3,5,8-15,17-18H2,1-2H3/t22-,23+,26+. The third kappa shape index (κ3) is 4.50. The zero-order valence-corrected chi connectivity index (χ0v) is 21.2. The molecule has 5 nitrogen and oxygen atoms in total. The Labute approximate surface area is 202 Å². The van der Waals surface area contributed by atoms with E-state index in [1.165, 1.54) is 5.56 Å². The van der Waals surface area contributed by atoms with E-state index in [1.807, 2.05) is 18.2 Å². The number of halogens is 2. The molecule has 3 saturated carbocycles. The molecule has 190 valence electrons. The van der Waals surface area contributed by atoms with Crippen LogP contribution in [0.5, 0.6) is 0 Å². The van der Waals surface area contributed by atoms with Gasteiger partial charge in [-0.3, -0.25) is 4.72 Å². The van der Waals surface area contributed by atoms with Crippen molar-refractivity contribution in [1.82, 2.24) is 4.90 Å². The first kappa shape index (κ1) is 24.4. The average molecular weight is 497 g/mol. The number of likely N-dealkylation sites (tertiary alicyclic amines) is 1. The lowest BCUT2D eigenvalue weighted by atomic mass is 9.79. The lowest BCUT2D eigenvalue weighted by Gasteiger charge is -2.39. The number of nitrogens with zero attached hydrogens (tertiary/aromatic N) is 1. The Balaban J connectivity index is 1.16. The van der Waals surface area contributed by atoms with E-state index in [0.29, 0.717) is 30.4 Å². The van der Waals surface area contributed by atoms with E-state index in [9.17, 15) is 17.2 Å². The number of piperidine rings is 1. The van der Waals surface area contributed by atoms with Crippen LogP contribution in [0.15, 0.2) is 24.3 Å². The van der Waals surface area contributed by atoms with Gasteiger partial charge in [-0.1, -0.05) is 19.1 Å². The lowest BCUT2D eigenvalue weighted by Crippen LogP contribution is -2.41. The molecule has 8 heteroatoms. The summed E-state index contributed by atoms with van der Waals surface area (Å²) in [5.41, 5.74) is 1.69. The highest BCUT2D eigenvalue weighted by atomic mass is 32.2. The van der Waals surface area contributed by atoms with Gasteiger partial charge < -0.3 is 9.64 Å². The summed E-state index contributed by atoms with van der Waals surface area (Å²) < 4.78 is 60.5. The second-order valence-corrected chi connectivity index (χ2v) is 13.1. The number of hydrogen-bond acceptors (Lipinski definition) is 4. The molecule has 0 unspecified atom stereocenters. The van der Waals surface area contributed by atoms with E-state index >= 15 is 0 Å². The highest BCUT2D eigenvalue weighted by Crippen LogP contribution is 2.65. The van der Waals surface area contributed by atoms with Crippen LogP contribution in [0.4, 0.5) is 14.5 Å². The predicted molar refractivity (Wildman–Crippen MR) is 130 cm³/mol. The van der Waals surface area contributed by atoms with E-state index in [4.69, 9.17) is 4.74 Å². The highest BCUT2D eigenvalue weighted by molar-refractivity contribution is 7.93. The lowest BCUT2D eigenvalue weighted by molar-refractivity contribution is -0.122. The van der Waals surface area contributed by atoms with Gasteiger partial charge in [-0.05, 0) is 81.0 Å². The summed E-state index contributed by atoms with van der Waals surface area (Å²) in [4.78, 5) is 2.52.